The Morgan fingerprint density at radius 3 is 2.86 bits per heavy atom. The molecule has 0 aliphatic heterocycles. The number of hydrogen-bond acceptors (Lipinski definition) is 5. The minimum absolute atomic E-state index is 0.318. The Morgan fingerprint density at radius 2 is 2.14 bits per heavy atom. The molecule has 1 aromatic carbocycles. The minimum Gasteiger partial charge on any atom is -0.506 e. The van der Waals surface area contributed by atoms with Gasteiger partial charge in [0.1, 0.15) is 11.3 Å². The minimum atomic E-state index is -0.686. The first-order valence-electron chi connectivity index (χ1n) is 6.14. The molecule has 6 nitrogen and oxygen atoms in total. The summed E-state index contributed by atoms with van der Waals surface area (Å²) in [6.07, 6.45) is 1.62. The van der Waals surface area contributed by atoms with Gasteiger partial charge in [-0.2, -0.15) is 0 Å². The zero-order valence-electron chi connectivity index (χ0n) is 11.0. The molecule has 0 aliphatic rings. The van der Waals surface area contributed by atoms with Crippen molar-refractivity contribution in [1.29, 1.82) is 0 Å². The Hall–Kier alpha value is -2.67. The number of pyridine rings is 1. The number of benzene rings is 1. The first kappa shape index (κ1) is 13.3. The third-order valence-electron chi connectivity index (χ3n) is 2.96. The molecule has 2 aromatic heterocycles. The second-order valence-electron chi connectivity index (χ2n) is 4.45. The maximum atomic E-state index is 12.2. The number of amides is 1. The van der Waals surface area contributed by atoms with E-state index in [9.17, 15) is 14.7 Å². The number of carbonyl (C=O) groups excluding carboxylic acids is 1. The van der Waals surface area contributed by atoms with Crippen molar-refractivity contribution in [2.75, 3.05) is 5.32 Å². The summed E-state index contributed by atoms with van der Waals surface area (Å²) in [4.78, 5) is 31.7. The summed E-state index contributed by atoms with van der Waals surface area (Å²) in [6.45, 7) is 1.85. The molecule has 0 unspecified atom stereocenters. The van der Waals surface area contributed by atoms with Crippen molar-refractivity contribution in [2.24, 2.45) is 0 Å². The number of H-pyrrole nitrogens is 1. The lowest BCUT2D eigenvalue weighted by atomic mass is 10.1. The zero-order chi connectivity index (χ0) is 15.0. The Bertz CT molecular complexity index is 898. The van der Waals surface area contributed by atoms with Gasteiger partial charge in [-0.25, -0.2) is 4.98 Å². The average Bonchev–Trinajstić information content (AvgIpc) is 2.84. The SMILES string of the molecule is Cc1cnc(NC(=O)c2c(O)c3ccccc3[nH]c2=O)s1. The smallest absolute Gasteiger partial charge is 0.266 e. The van der Waals surface area contributed by atoms with E-state index in [0.29, 0.717) is 16.0 Å². The number of fused-ring (bicyclic) bond motifs is 1. The van der Waals surface area contributed by atoms with Gasteiger partial charge in [-0.1, -0.05) is 12.1 Å². The summed E-state index contributed by atoms with van der Waals surface area (Å²) in [7, 11) is 0. The highest BCUT2D eigenvalue weighted by Gasteiger charge is 2.19. The van der Waals surface area contributed by atoms with Crippen LogP contribution in [0.3, 0.4) is 0 Å². The van der Waals surface area contributed by atoms with Crippen LogP contribution in [0, 0.1) is 6.92 Å². The average molecular weight is 301 g/mol. The van der Waals surface area contributed by atoms with Gasteiger partial charge in [0.15, 0.2) is 5.13 Å². The van der Waals surface area contributed by atoms with Gasteiger partial charge in [0.2, 0.25) is 0 Å². The van der Waals surface area contributed by atoms with E-state index >= 15 is 0 Å². The summed E-state index contributed by atoms with van der Waals surface area (Å²) >= 11 is 1.29. The summed E-state index contributed by atoms with van der Waals surface area (Å²) in [6, 6.07) is 6.73. The maximum absolute atomic E-state index is 12.2. The number of aryl methyl sites for hydroxylation is 1. The number of hydrogen-bond donors (Lipinski definition) is 3. The van der Waals surface area contributed by atoms with Crippen LogP contribution >= 0.6 is 11.3 Å². The largest absolute Gasteiger partial charge is 0.506 e. The molecule has 7 heteroatoms. The lowest BCUT2D eigenvalue weighted by Gasteiger charge is -2.06. The van der Waals surface area contributed by atoms with Crippen LogP contribution in [0.1, 0.15) is 15.2 Å². The number of carbonyl (C=O) groups is 1. The molecule has 0 atom stereocenters. The Labute approximate surface area is 123 Å². The van der Waals surface area contributed by atoms with Crippen LogP contribution in [-0.4, -0.2) is 21.0 Å². The Morgan fingerprint density at radius 1 is 1.38 bits per heavy atom. The third-order valence-corrected chi connectivity index (χ3v) is 3.79. The fraction of sp³-hybridized carbons (Fsp3) is 0.0714. The van der Waals surface area contributed by atoms with Crippen LogP contribution < -0.4 is 10.9 Å². The quantitative estimate of drug-likeness (QED) is 0.676. The molecule has 3 aromatic rings. The first-order valence-corrected chi connectivity index (χ1v) is 6.95. The number of thiazole rings is 1. The van der Waals surface area contributed by atoms with Crippen LogP contribution in [0.15, 0.2) is 35.3 Å². The van der Waals surface area contributed by atoms with Gasteiger partial charge in [-0.3, -0.25) is 14.9 Å². The fourth-order valence-electron chi connectivity index (χ4n) is 2.01. The van der Waals surface area contributed by atoms with Crippen LogP contribution in [0.2, 0.25) is 0 Å². The van der Waals surface area contributed by atoms with E-state index in [1.807, 2.05) is 6.92 Å². The van der Waals surface area contributed by atoms with Crippen molar-refractivity contribution in [2.45, 2.75) is 6.92 Å². The molecule has 3 rings (SSSR count). The van der Waals surface area contributed by atoms with E-state index < -0.39 is 11.5 Å². The predicted octanol–water partition coefficient (Wildman–Crippen LogP) is 2.25. The highest BCUT2D eigenvalue weighted by atomic mass is 32.1. The molecule has 106 valence electrons. The highest BCUT2D eigenvalue weighted by molar-refractivity contribution is 7.15. The number of aromatic hydroxyl groups is 1. The molecule has 3 N–H and O–H groups in total. The van der Waals surface area contributed by atoms with Gasteiger partial charge in [0.25, 0.3) is 11.5 Å². The van der Waals surface area contributed by atoms with Crippen LogP contribution in [0.25, 0.3) is 10.9 Å². The first-order chi connectivity index (χ1) is 10.1. The zero-order valence-corrected chi connectivity index (χ0v) is 11.8. The standard InChI is InChI=1S/C14H11N3O3S/c1-7-6-15-14(21-7)17-13(20)10-11(18)8-4-2-3-5-9(8)16-12(10)19/h2-6H,1H3,(H,15,17,20)(H2,16,18,19). The summed E-state index contributed by atoms with van der Waals surface area (Å²) in [5, 5.41) is 13.5. The number of anilines is 1. The molecule has 0 saturated heterocycles. The number of rotatable bonds is 2. The van der Waals surface area contributed by atoms with E-state index in [1.165, 1.54) is 11.3 Å². The summed E-state index contributed by atoms with van der Waals surface area (Å²) in [5.41, 5.74) is -0.486. The van der Waals surface area contributed by atoms with Gasteiger partial charge in [-0.15, -0.1) is 11.3 Å². The van der Waals surface area contributed by atoms with Gasteiger partial charge in [-0.05, 0) is 19.1 Å². The second-order valence-corrected chi connectivity index (χ2v) is 5.69. The third kappa shape index (κ3) is 2.38. The molecular weight excluding hydrogens is 290 g/mol. The van der Waals surface area contributed by atoms with Crippen molar-refractivity contribution < 1.29 is 9.90 Å². The van der Waals surface area contributed by atoms with E-state index in [0.717, 1.165) is 4.88 Å². The topological polar surface area (TPSA) is 95.1 Å². The molecule has 21 heavy (non-hydrogen) atoms. The lowest BCUT2D eigenvalue weighted by Crippen LogP contribution is -2.23. The van der Waals surface area contributed by atoms with E-state index in [4.69, 9.17) is 0 Å². The molecule has 0 saturated carbocycles. The lowest BCUT2D eigenvalue weighted by molar-refractivity contribution is 0.102. The van der Waals surface area contributed by atoms with Crippen LogP contribution in [0.5, 0.6) is 5.75 Å². The van der Waals surface area contributed by atoms with Crippen molar-refractivity contribution in [3.05, 3.63) is 51.3 Å². The fourth-order valence-corrected chi connectivity index (χ4v) is 2.67. The second kappa shape index (κ2) is 5.02. The molecule has 0 spiro atoms. The van der Waals surface area contributed by atoms with E-state index in [1.54, 1.807) is 30.5 Å². The maximum Gasteiger partial charge on any atom is 0.266 e. The summed E-state index contributed by atoms with van der Waals surface area (Å²) in [5.74, 6) is -1.02. The van der Waals surface area contributed by atoms with E-state index in [2.05, 4.69) is 15.3 Å². The Kier molecular flexibility index (Phi) is 3.19. The van der Waals surface area contributed by atoms with Crippen molar-refractivity contribution in [3.8, 4) is 5.75 Å². The molecule has 0 fully saturated rings. The molecule has 1 amide bonds. The number of aromatic nitrogens is 2. The number of nitrogens with one attached hydrogen (secondary N) is 2. The normalized spacial score (nSPS) is 10.7. The number of nitrogens with zero attached hydrogens (tertiary/aromatic N) is 1. The Balaban J connectivity index is 2.07. The monoisotopic (exact) mass is 301 g/mol. The molecule has 2 heterocycles. The van der Waals surface area contributed by atoms with E-state index in [-0.39, 0.29) is 11.3 Å². The van der Waals surface area contributed by atoms with Crippen LogP contribution in [-0.2, 0) is 0 Å². The molecule has 0 aliphatic carbocycles. The molecular formula is C14H11N3O3S. The molecule has 0 bridgehead atoms. The molecule has 0 radical (unpaired) electrons. The number of para-hydroxylation sites is 1. The summed E-state index contributed by atoms with van der Waals surface area (Å²) < 4.78 is 0. The van der Waals surface area contributed by atoms with Crippen LogP contribution in [0.4, 0.5) is 5.13 Å². The van der Waals surface area contributed by atoms with Crippen molar-refractivity contribution in [3.63, 3.8) is 0 Å². The van der Waals surface area contributed by atoms with Gasteiger partial charge in [0.05, 0.1) is 5.52 Å². The predicted molar refractivity (Wildman–Crippen MR) is 81.0 cm³/mol. The van der Waals surface area contributed by atoms with Crippen molar-refractivity contribution in [1.82, 2.24) is 9.97 Å². The van der Waals surface area contributed by atoms with Gasteiger partial charge < -0.3 is 10.1 Å². The van der Waals surface area contributed by atoms with Gasteiger partial charge in [0, 0.05) is 16.5 Å². The van der Waals surface area contributed by atoms with Gasteiger partial charge >= 0.3 is 0 Å². The van der Waals surface area contributed by atoms with Crippen molar-refractivity contribution >= 4 is 33.3 Å². The number of aromatic amines is 1. The highest BCUT2D eigenvalue weighted by Crippen LogP contribution is 2.25.